The van der Waals surface area contributed by atoms with Gasteiger partial charge in [0.1, 0.15) is 5.69 Å². The molecule has 0 fully saturated rings. The number of terminal acetylenes is 1. The van der Waals surface area contributed by atoms with Gasteiger partial charge in [-0.1, -0.05) is 0 Å². The van der Waals surface area contributed by atoms with Crippen LogP contribution in [0.5, 0.6) is 0 Å². The second-order valence-electron chi connectivity index (χ2n) is 4.22. The Morgan fingerprint density at radius 1 is 1.50 bits per heavy atom. The quantitative estimate of drug-likeness (QED) is 0.616. The van der Waals surface area contributed by atoms with E-state index in [2.05, 4.69) is 16.2 Å². The van der Waals surface area contributed by atoms with E-state index in [1.54, 1.807) is 26.4 Å². The molecule has 4 nitrogen and oxygen atoms in total. The fourth-order valence-electron chi connectivity index (χ4n) is 1.47. The molecule has 0 aliphatic carbocycles. The Balaban J connectivity index is 2.50. The van der Waals surface area contributed by atoms with Crippen molar-refractivity contribution in [3.8, 4) is 12.3 Å². The SMILES string of the molecule is C#CCCCCNc1ccnc(C(=O)N(C)C)c1. The highest BCUT2D eigenvalue weighted by atomic mass is 16.2. The lowest BCUT2D eigenvalue weighted by atomic mass is 10.2. The van der Waals surface area contributed by atoms with E-state index >= 15 is 0 Å². The molecule has 0 bridgehead atoms. The van der Waals surface area contributed by atoms with E-state index in [1.807, 2.05) is 6.07 Å². The highest BCUT2D eigenvalue weighted by Gasteiger charge is 2.09. The van der Waals surface area contributed by atoms with Crippen LogP contribution in [0.2, 0.25) is 0 Å². The lowest BCUT2D eigenvalue weighted by Crippen LogP contribution is -2.22. The van der Waals surface area contributed by atoms with Gasteiger partial charge in [0.2, 0.25) is 0 Å². The number of hydrogen-bond donors (Lipinski definition) is 1. The molecule has 0 saturated heterocycles. The number of carbonyl (C=O) groups is 1. The molecule has 0 saturated carbocycles. The zero-order valence-electron chi connectivity index (χ0n) is 10.9. The minimum Gasteiger partial charge on any atom is -0.385 e. The molecule has 0 aromatic carbocycles. The van der Waals surface area contributed by atoms with Gasteiger partial charge >= 0.3 is 0 Å². The molecule has 0 unspecified atom stereocenters. The maximum atomic E-state index is 11.7. The van der Waals surface area contributed by atoms with E-state index < -0.39 is 0 Å². The van der Waals surface area contributed by atoms with Gasteiger partial charge in [-0.2, -0.15) is 0 Å². The molecular weight excluding hydrogens is 226 g/mol. The van der Waals surface area contributed by atoms with Crippen molar-refractivity contribution in [1.29, 1.82) is 0 Å². The molecular formula is C14H19N3O. The van der Waals surface area contributed by atoms with E-state index in [-0.39, 0.29) is 5.91 Å². The monoisotopic (exact) mass is 245 g/mol. The Kier molecular flexibility index (Phi) is 5.72. The Morgan fingerprint density at radius 3 is 2.94 bits per heavy atom. The maximum Gasteiger partial charge on any atom is 0.272 e. The summed E-state index contributed by atoms with van der Waals surface area (Å²) in [6.45, 7) is 0.849. The van der Waals surface area contributed by atoms with Crippen LogP contribution < -0.4 is 5.32 Å². The van der Waals surface area contributed by atoms with Crippen LogP contribution in [0, 0.1) is 12.3 Å². The van der Waals surface area contributed by atoms with Crippen LogP contribution >= 0.6 is 0 Å². The summed E-state index contributed by atoms with van der Waals surface area (Å²) in [6.07, 6.45) is 9.66. The molecule has 1 aromatic heterocycles. The van der Waals surface area contributed by atoms with E-state index in [9.17, 15) is 4.79 Å². The van der Waals surface area contributed by atoms with E-state index in [4.69, 9.17) is 6.42 Å². The average molecular weight is 245 g/mol. The topological polar surface area (TPSA) is 45.2 Å². The Bertz CT molecular complexity index is 435. The highest BCUT2D eigenvalue weighted by molar-refractivity contribution is 5.92. The number of aromatic nitrogens is 1. The van der Waals surface area contributed by atoms with E-state index in [0.717, 1.165) is 31.5 Å². The predicted molar refractivity (Wildman–Crippen MR) is 73.4 cm³/mol. The number of hydrogen-bond acceptors (Lipinski definition) is 3. The molecule has 1 amide bonds. The number of anilines is 1. The van der Waals surface area contributed by atoms with Crippen molar-refractivity contribution in [1.82, 2.24) is 9.88 Å². The van der Waals surface area contributed by atoms with Gasteiger partial charge in [-0.3, -0.25) is 9.78 Å². The molecule has 0 spiro atoms. The lowest BCUT2D eigenvalue weighted by molar-refractivity contribution is 0.0822. The van der Waals surface area contributed by atoms with Crippen LogP contribution in [0.15, 0.2) is 18.3 Å². The van der Waals surface area contributed by atoms with Gasteiger partial charge in [0.05, 0.1) is 0 Å². The third kappa shape index (κ3) is 4.46. The van der Waals surface area contributed by atoms with Crippen LogP contribution in [0.4, 0.5) is 5.69 Å². The summed E-state index contributed by atoms with van der Waals surface area (Å²) in [5, 5.41) is 3.26. The zero-order valence-corrected chi connectivity index (χ0v) is 10.9. The third-order valence-electron chi connectivity index (χ3n) is 2.46. The second-order valence-corrected chi connectivity index (χ2v) is 4.22. The van der Waals surface area contributed by atoms with Crippen molar-refractivity contribution in [2.75, 3.05) is 26.0 Å². The highest BCUT2D eigenvalue weighted by Crippen LogP contribution is 2.09. The first-order valence-corrected chi connectivity index (χ1v) is 6.00. The molecule has 0 radical (unpaired) electrons. The van der Waals surface area contributed by atoms with Crippen molar-refractivity contribution in [3.05, 3.63) is 24.0 Å². The number of unbranched alkanes of at least 4 members (excludes halogenated alkanes) is 2. The number of amides is 1. The molecule has 1 rings (SSSR count). The first kappa shape index (κ1) is 14.0. The third-order valence-corrected chi connectivity index (χ3v) is 2.46. The molecule has 1 N–H and O–H groups in total. The summed E-state index contributed by atoms with van der Waals surface area (Å²) < 4.78 is 0. The zero-order chi connectivity index (χ0) is 13.4. The fourth-order valence-corrected chi connectivity index (χ4v) is 1.47. The van der Waals surface area contributed by atoms with Gasteiger partial charge in [0.15, 0.2) is 0 Å². The number of nitrogens with zero attached hydrogens (tertiary/aromatic N) is 2. The molecule has 1 aromatic rings. The first-order valence-electron chi connectivity index (χ1n) is 6.00. The summed E-state index contributed by atoms with van der Waals surface area (Å²) in [6, 6.07) is 3.62. The Morgan fingerprint density at radius 2 is 2.28 bits per heavy atom. The Labute approximate surface area is 108 Å². The lowest BCUT2D eigenvalue weighted by Gasteiger charge is -2.11. The summed E-state index contributed by atoms with van der Waals surface area (Å²) in [5.74, 6) is 2.52. The smallest absolute Gasteiger partial charge is 0.272 e. The van der Waals surface area contributed by atoms with Crippen molar-refractivity contribution in [2.45, 2.75) is 19.3 Å². The summed E-state index contributed by atoms with van der Waals surface area (Å²) in [7, 11) is 3.42. The fraction of sp³-hybridized carbons (Fsp3) is 0.429. The maximum absolute atomic E-state index is 11.7. The first-order chi connectivity index (χ1) is 8.65. The normalized spacial score (nSPS) is 9.61. The number of nitrogens with one attached hydrogen (secondary N) is 1. The molecule has 1 heterocycles. The standard InChI is InChI=1S/C14H19N3O/c1-4-5-6-7-9-15-12-8-10-16-13(11-12)14(18)17(2)3/h1,8,10-11H,5-7,9H2,2-3H3,(H,15,16). The summed E-state index contributed by atoms with van der Waals surface area (Å²) >= 11 is 0. The number of rotatable bonds is 6. The van der Waals surface area contributed by atoms with Gasteiger partial charge in [-0.15, -0.1) is 12.3 Å². The number of pyridine rings is 1. The van der Waals surface area contributed by atoms with Gasteiger partial charge in [-0.05, 0) is 25.0 Å². The minimum absolute atomic E-state index is 0.0917. The molecule has 18 heavy (non-hydrogen) atoms. The van der Waals surface area contributed by atoms with Crippen LogP contribution in [0.1, 0.15) is 29.8 Å². The predicted octanol–water partition coefficient (Wildman–Crippen LogP) is 2.00. The van der Waals surface area contributed by atoms with Crippen molar-refractivity contribution < 1.29 is 4.79 Å². The van der Waals surface area contributed by atoms with Crippen LogP contribution in [-0.2, 0) is 0 Å². The van der Waals surface area contributed by atoms with E-state index in [1.165, 1.54) is 4.90 Å². The van der Waals surface area contributed by atoms with Gasteiger partial charge in [0, 0.05) is 38.9 Å². The second kappa shape index (κ2) is 7.33. The molecule has 4 heteroatoms. The van der Waals surface area contributed by atoms with Gasteiger partial charge in [-0.25, -0.2) is 0 Å². The van der Waals surface area contributed by atoms with Crippen molar-refractivity contribution in [2.24, 2.45) is 0 Å². The van der Waals surface area contributed by atoms with Gasteiger partial charge in [0.25, 0.3) is 5.91 Å². The minimum atomic E-state index is -0.0917. The van der Waals surface area contributed by atoms with Crippen molar-refractivity contribution in [3.63, 3.8) is 0 Å². The molecule has 0 aliphatic rings. The van der Waals surface area contributed by atoms with E-state index in [0.29, 0.717) is 5.69 Å². The molecule has 0 atom stereocenters. The number of carbonyl (C=O) groups excluding carboxylic acids is 1. The van der Waals surface area contributed by atoms with Crippen LogP contribution in [-0.4, -0.2) is 36.4 Å². The largest absolute Gasteiger partial charge is 0.385 e. The average Bonchev–Trinajstić information content (AvgIpc) is 2.38. The van der Waals surface area contributed by atoms with Gasteiger partial charge < -0.3 is 10.2 Å². The summed E-state index contributed by atoms with van der Waals surface area (Å²) in [5.41, 5.74) is 1.37. The molecule has 0 aliphatic heterocycles. The van der Waals surface area contributed by atoms with Crippen LogP contribution in [0.3, 0.4) is 0 Å². The van der Waals surface area contributed by atoms with Crippen LogP contribution in [0.25, 0.3) is 0 Å². The molecule has 96 valence electrons. The van der Waals surface area contributed by atoms with Crippen molar-refractivity contribution >= 4 is 11.6 Å². The summed E-state index contributed by atoms with van der Waals surface area (Å²) in [4.78, 5) is 17.3. The Hall–Kier alpha value is -2.02.